The van der Waals surface area contributed by atoms with Crippen LogP contribution in [0.15, 0.2) is 28.7 Å². The van der Waals surface area contributed by atoms with E-state index in [1.807, 2.05) is 0 Å². The van der Waals surface area contributed by atoms with Crippen LogP contribution in [-0.2, 0) is 9.53 Å². The highest BCUT2D eigenvalue weighted by molar-refractivity contribution is 6.19. The highest BCUT2D eigenvalue weighted by atomic mass is 16.5. The molecule has 0 aromatic heterocycles. The summed E-state index contributed by atoms with van der Waals surface area (Å²) in [6.45, 7) is 8.25. The van der Waals surface area contributed by atoms with Crippen molar-refractivity contribution in [2.75, 3.05) is 6.61 Å². The number of esters is 1. The number of carbonyl (C=O) groups is 1. The number of rotatable bonds is 4. The Bertz CT molecular complexity index is 326. The number of aliphatic imine (C=N–C) groups is 1. The number of allylic oxidation sites excluding steroid dienone is 1. The minimum absolute atomic E-state index is 0.159. The zero-order valence-electron chi connectivity index (χ0n) is 9.20. The number of hydrogen-bond donors (Lipinski definition) is 2. The Balaban J connectivity index is 5.11. The van der Waals surface area contributed by atoms with Gasteiger partial charge in [0, 0.05) is 5.70 Å². The Hall–Kier alpha value is -1.78. The summed E-state index contributed by atoms with van der Waals surface area (Å²) >= 11 is 0. The topological polar surface area (TPSA) is 84.9 Å². The summed E-state index contributed by atoms with van der Waals surface area (Å²) in [5, 5.41) is 8.87. The van der Waals surface area contributed by atoms with Gasteiger partial charge in [0.25, 0.3) is 0 Å². The third-order valence-corrected chi connectivity index (χ3v) is 1.53. The molecule has 0 aliphatic carbocycles. The predicted octanol–water partition coefficient (Wildman–Crippen LogP) is 1.27. The zero-order chi connectivity index (χ0) is 12.0. The Morgan fingerprint density at radius 1 is 1.53 bits per heavy atom. The van der Waals surface area contributed by atoms with Gasteiger partial charge in [0.2, 0.25) is 5.88 Å². The summed E-state index contributed by atoms with van der Waals surface area (Å²) < 4.78 is 4.80. The van der Waals surface area contributed by atoms with Crippen molar-refractivity contribution in [2.24, 2.45) is 10.7 Å². The fourth-order valence-electron chi connectivity index (χ4n) is 1.05. The van der Waals surface area contributed by atoms with E-state index in [4.69, 9.17) is 15.6 Å². The highest BCUT2D eigenvalue weighted by Gasteiger charge is 2.16. The van der Waals surface area contributed by atoms with Crippen molar-refractivity contribution in [1.82, 2.24) is 0 Å². The molecule has 5 heteroatoms. The van der Waals surface area contributed by atoms with Crippen molar-refractivity contribution < 1.29 is 14.6 Å². The average Bonchev–Trinajstić information content (AvgIpc) is 2.01. The van der Waals surface area contributed by atoms with Gasteiger partial charge in [0.1, 0.15) is 0 Å². The Kier molecular flexibility index (Phi) is 5.15. The van der Waals surface area contributed by atoms with E-state index in [1.165, 1.54) is 0 Å². The molecule has 15 heavy (non-hydrogen) atoms. The van der Waals surface area contributed by atoms with E-state index in [0.717, 1.165) is 0 Å². The third-order valence-electron chi connectivity index (χ3n) is 1.53. The molecule has 0 fully saturated rings. The minimum Gasteiger partial charge on any atom is -0.494 e. The lowest BCUT2D eigenvalue weighted by Gasteiger charge is -2.08. The molecule has 0 bridgehead atoms. The summed E-state index contributed by atoms with van der Waals surface area (Å²) in [5.74, 6) is -0.935. The number of carbonyl (C=O) groups excluding carboxylic acids is 1. The molecule has 0 rings (SSSR count). The van der Waals surface area contributed by atoms with Crippen molar-refractivity contribution in [3.8, 4) is 0 Å². The third kappa shape index (κ3) is 4.30. The quantitative estimate of drug-likeness (QED) is 0.318. The Morgan fingerprint density at radius 2 is 2.07 bits per heavy atom. The molecule has 0 aliphatic rings. The van der Waals surface area contributed by atoms with Gasteiger partial charge in [-0.25, -0.2) is 9.79 Å². The van der Waals surface area contributed by atoms with Crippen LogP contribution in [-0.4, -0.2) is 23.4 Å². The first kappa shape index (κ1) is 13.2. The SMILES string of the molecule is C=C(O)/N=C(C)\C(C(=O)OCC)=C(\C)N. The summed E-state index contributed by atoms with van der Waals surface area (Å²) in [6.07, 6.45) is 0. The van der Waals surface area contributed by atoms with E-state index in [2.05, 4.69) is 11.6 Å². The number of ether oxygens (including phenoxy) is 1. The van der Waals surface area contributed by atoms with Crippen LogP contribution >= 0.6 is 0 Å². The van der Waals surface area contributed by atoms with Crippen molar-refractivity contribution in [3.63, 3.8) is 0 Å². The first-order chi connectivity index (χ1) is 6.90. The van der Waals surface area contributed by atoms with Crippen molar-refractivity contribution in [3.05, 3.63) is 23.7 Å². The number of nitrogens with two attached hydrogens (primary N) is 1. The van der Waals surface area contributed by atoms with Gasteiger partial charge in [-0.2, -0.15) is 0 Å². The molecule has 0 saturated heterocycles. The molecule has 0 unspecified atom stereocenters. The molecule has 3 N–H and O–H groups in total. The summed E-state index contributed by atoms with van der Waals surface area (Å²) in [5.41, 5.74) is 6.26. The molecule has 0 aliphatic heterocycles. The molecule has 0 radical (unpaired) electrons. The molecule has 0 atom stereocenters. The van der Waals surface area contributed by atoms with Gasteiger partial charge < -0.3 is 15.6 Å². The summed E-state index contributed by atoms with van der Waals surface area (Å²) in [4.78, 5) is 15.1. The second-order valence-corrected chi connectivity index (χ2v) is 2.89. The predicted molar refractivity (Wildman–Crippen MR) is 58.4 cm³/mol. The lowest BCUT2D eigenvalue weighted by Crippen LogP contribution is -2.18. The van der Waals surface area contributed by atoms with E-state index in [-0.39, 0.29) is 29.5 Å². The molecule has 0 aromatic rings. The first-order valence-corrected chi connectivity index (χ1v) is 4.47. The van der Waals surface area contributed by atoms with Gasteiger partial charge in [-0.15, -0.1) is 0 Å². The maximum atomic E-state index is 11.5. The van der Waals surface area contributed by atoms with Crippen LogP contribution in [0.2, 0.25) is 0 Å². The molecule has 0 spiro atoms. The summed E-state index contributed by atoms with van der Waals surface area (Å²) in [6, 6.07) is 0. The van der Waals surface area contributed by atoms with Crippen LogP contribution < -0.4 is 5.73 Å². The Morgan fingerprint density at radius 3 is 2.40 bits per heavy atom. The lowest BCUT2D eigenvalue weighted by molar-refractivity contribution is -0.137. The molecule has 0 aromatic carbocycles. The highest BCUT2D eigenvalue weighted by Crippen LogP contribution is 2.07. The van der Waals surface area contributed by atoms with Gasteiger partial charge in [-0.1, -0.05) is 0 Å². The Labute approximate surface area is 88.9 Å². The second kappa shape index (κ2) is 5.85. The second-order valence-electron chi connectivity index (χ2n) is 2.89. The van der Waals surface area contributed by atoms with Crippen LogP contribution in [0.25, 0.3) is 0 Å². The number of aliphatic hydroxyl groups excluding tert-OH is 1. The van der Waals surface area contributed by atoms with Gasteiger partial charge in [-0.05, 0) is 27.4 Å². The van der Waals surface area contributed by atoms with Gasteiger partial charge >= 0.3 is 5.97 Å². The molecule has 5 nitrogen and oxygen atoms in total. The van der Waals surface area contributed by atoms with E-state index < -0.39 is 5.97 Å². The van der Waals surface area contributed by atoms with Crippen LogP contribution in [0.4, 0.5) is 0 Å². The maximum Gasteiger partial charge on any atom is 0.341 e. The standard InChI is InChI=1S/C10H16N2O3/c1-5-15-10(14)9(6(2)11)7(3)12-8(4)13/h13H,4-5,11H2,1-3H3/b9-6+,12-7-. The van der Waals surface area contributed by atoms with Gasteiger partial charge in [0.05, 0.1) is 17.9 Å². The number of aliphatic hydroxyl groups is 1. The van der Waals surface area contributed by atoms with Crippen LogP contribution in [0.1, 0.15) is 20.8 Å². The summed E-state index contributed by atoms with van der Waals surface area (Å²) in [7, 11) is 0. The van der Waals surface area contributed by atoms with E-state index in [1.54, 1.807) is 20.8 Å². The van der Waals surface area contributed by atoms with Crippen molar-refractivity contribution in [2.45, 2.75) is 20.8 Å². The van der Waals surface area contributed by atoms with E-state index in [0.29, 0.717) is 0 Å². The molecular formula is C10H16N2O3. The molecule has 0 saturated carbocycles. The van der Waals surface area contributed by atoms with Crippen LogP contribution in [0, 0.1) is 0 Å². The smallest absolute Gasteiger partial charge is 0.341 e. The number of nitrogens with zero attached hydrogens (tertiary/aromatic N) is 1. The van der Waals surface area contributed by atoms with E-state index in [9.17, 15) is 4.79 Å². The molecule has 0 amide bonds. The van der Waals surface area contributed by atoms with Crippen LogP contribution in [0.5, 0.6) is 0 Å². The average molecular weight is 212 g/mol. The fourth-order valence-corrected chi connectivity index (χ4v) is 1.05. The van der Waals surface area contributed by atoms with Gasteiger partial charge in [-0.3, -0.25) is 0 Å². The van der Waals surface area contributed by atoms with Crippen molar-refractivity contribution >= 4 is 11.7 Å². The maximum absolute atomic E-state index is 11.5. The molecular weight excluding hydrogens is 196 g/mol. The van der Waals surface area contributed by atoms with Gasteiger partial charge in [0.15, 0.2) is 0 Å². The largest absolute Gasteiger partial charge is 0.494 e. The monoisotopic (exact) mass is 212 g/mol. The normalized spacial score (nSPS) is 13.1. The minimum atomic E-state index is -0.556. The molecule has 0 heterocycles. The number of hydrogen-bond acceptors (Lipinski definition) is 5. The zero-order valence-corrected chi connectivity index (χ0v) is 9.20. The van der Waals surface area contributed by atoms with Crippen LogP contribution in [0.3, 0.4) is 0 Å². The molecule has 84 valence electrons. The van der Waals surface area contributed by atoms with Crippen molar-refractivity contribution in [1.29, 1.82) is 0 Å². The van der Waals surface area contributed by atoms with E-state index >= 15 is 0 Å². The fraction of sp³-hybridized carbons (Fsp3) is 0.400. The first-order valence-electron chi connectivity index (χ1n) is 4.47. The lowest BCUT2D eigenvalue weighted by atomic mass is 10.1.